The van der Waals surface area contributed by atoms with E-state index in [1.54, 1.807) is 13.0 Å². The van der Waals surface area contributed by atoms with E-state index in [4.69, 9.17) is 0 Å². The molecule has 0 saturated carbocycles. The number of rotatable bonds is 2. The Labute approximate surface area is 131 Å². The molecule has 2 aromatic carbocycles. The number of amides is 1. The molecule has 0 spiro atoms. The first-order valence-corrected chi connectivity index (χ1v) is 7.19. The first-order chi connectivity index (χ1) is 9.38. The van der Waals surface area contributed by atoms with Gasteiger partial charge < -0.3 is 5.32 Å². The molecule has 0 fully saturated rings. The Hall–Kier alpha value is -1.27. The molecule has 0 bridgehead atoms. The van der Waals surface area contributed by atoms with Crippen molar-refractivity contribution in [2.24, 2.45) is 0 Å². The number of anilines is 1. The molecule has 0 radical (unpaired) electrons. The summed E-state index contributed by atoms with van der Waals surface area (Å²) in [5.74, 6) is -1.51. The summed E-state index contributed by atoms with van der Waals surface area (Å²) in [6.45, 7) is 1.74. The molecular weight excluding hydrogens is 396 g/mol. The van der Waals surface area contributed by atoms with Gasteiger partial charge in [-0.1, -0.05) is 0 Å². The van der Waals surface area contributed by atoms with Crippen LogP contribution in [0.3, 0.4) is 0 Å². The van der Waals surface area contributed by atoms with Gasteiger partial charge in [0.25, 0.3) is 5.91 Å². The summed E-state index contributed by atoms with van der Waals surface area (Å²) in [7, 11) is 0. The number of carbonyl (C=O) groups is 1. The Morgan fingerprint density at radius 2 is 1.70 bits per heavy atom. The molecule has 104 valence electrons. The van der Waals surface area contributed by atoms with Crippen LogP contribution in [0.1, 0.15) is 15.9 Å². The van der Waals surface area contributed by atoms with Crippen LogP contribution in [0.4, 0.5) is 14.5 Å². The molecule has 2 aromatic rings. The van der Waals surface area contributed by atoms with Crippen molar-refractivity contribution in [3.63, 3.8) is 0 Å². The van der Waals surface area contributed by atoms with Crippen LogP contribution in [0.15, 0.2) is 39.3 Å². The van der Waals surface area contributed by atoms with E-state index < -0.39 is 17.5 Å². The van der Waals surface area contributed by atoms with Gasteiger partial charge in [-0.25, -0.2) is 8.78 Å². The molecule has 2 nitrogen and oxygen atoms in total. The van der Waals surface area contributed by atoms with Crippen molar-refractivity contribution < 1.29 is 13.6 Å². The minimum Gasteiger partial charge on any atom is -0.322 e. The lowest BCUT2D eigenvalue weighted by atomic mass is 10.1. The van der Waals surface area contributed by atoms with Gasteiger partial charge in [-0.2, -0.15) is 0 Å². The number of nitrogens with one attached hydrogen (secondary N) is 1. The zero-order valence-corrected chi connectivity index (χ0v) is 13.5. The number of hydrogen-bond acceptors (Lipinski definition) is 1. The molecule has 0 unspecified atom stereocenters. The van der Waals surface area contributed by atoms with Crippen LogP contribution < -0.4 is 5.32 Å². The second-order valence-corrected chi connectivity index (χ2v) is 5.87. The van der Waals surface area contributed by atoms with Gasteiger partial charge >= 0.3 is 0 Å². The van der Waals surface area contributed by atoms with Crippen LogP contribution >= 0.6 is 31.9 Å². The summed E-state index contributed by atoms with van der Waals surface area (Å²) >= 11 is 6.08. The Morgan fingerprint density at radius 3 is 2.35 bits per heavy atom. The van der Waals surface area contributed by atoms with Crippen LogP contribution in [0.5, 0.6) is 0 Å². The van der Waals surface area contributed by atoms with Crippen molar-refractivity contribution >= 4 is 43.5 Å². The normalized spacial score (nSPS) is 10.4. The summed E-state index contributed by atoms with van der Waals surface area (Å²) in [5, 5.41) is 2.56. The monoisotopic (exact) mass is 403 g/mol. The highest BCUT2D eigenvalue weighted by Crippen LogP contribution is 2.25. The third-order valence-corrected chi connectivity index (χ3v) is 3.95. The van der Waals surface area contributed by atoms with E-state index in [0.717, 1.165) is 6.07 Å². The summed E-state index contributed by atoms with van der Waals surface area (Å²) in [5.41, 5.74) is 1.21. The van der Waals surface area contributed by atoms with E-state index in [9.17, 15) is 13.6 Å². The fraction of sp³-hybridized carbons (Fsp3) is 0.0714. The maximum absolute atomic E-state index is 13.5. The van der Waals surface area contributed by atoms with Crippen molar-refractivity contribution in [1.82, 2.24) is 0 Å². The predicted octanol–water partition coefficient (Wildman–Crippen LogP) is 5.05. The highest BCUT2D eigenvalue weighted by molar-refractivity contribution is 9.10. The van der Waals surface area contributed by atoms with Crippen LogP contribution in [0, 0.1) is 18.6 Å². The lowest BCUT2D eigenvalue weighted by Crippen LogP contribution is -2.13. The minimum absolute atomic E-state index is 0.161. The number of halogens is 4. The fourth-order valence-corrected chi connectivity index (χ4v) is 2.32. The van der Waals surface area contributed by atoms with E-state index in [1.165, 1.54) is 18.2 Å². The van der Waals surface area contributed by atoms with Crippen LogP contribution in [0.25, 0.3) is 0 Å². The third-order valence-electron chi connectivity index (χ3n) is 2.70. The first kappa shape index (κ1) is 15.1. The van der Waals surface area contributed by atoms with Crippen molar-refractivity contribution in [2.75, 3.05) is 5.32 Å². The molecule has 0 aromatic heterocycles. The van der Waals surface area contributed by atoms with Gasteiger partial charge in [-0.05, 0) is 74.7 Å². The van der Waals surface area contributed by atoms with E-state index >= 15 is 0 Å². The molecule has 0 aliphatic heterocycles. The summed E-state index contributed by atoms with van der Waals surface area (Å²) in [6.07, 6.45) is 0. The standard InChI is InChI=1S/C14H9Br2F2NO/c1-7-4-10(16)12(18)6-13(7)19-14(20)8-2-3-9(15)11(17)5-8/h2-6H,1H3,(H,19,20). The molecule has 0 aliphatic carbocycles. The summed E-state index contributed by atoms with van der Waals surface area (Å²) in [6, 6.07) is 6.82. The van der Waals surface area contributed by atoms with E-state index in [1.807, 2.05) is 0 Å². The second-order valence-electron chi connectivity index (χ2n) is 4.16. The maximum atomic E-state index is 13.5. The average molecular weight is 405 g/mol. The molecule has 2 rings (SSSR count). The van der Waals surface area contributed by atoms with Gasteiger partial charge in [0.05, 0.1) is 8.95 Å². The topological polar surface area (TPSA) is 29.1 Å². The molecule has 1 amide bonds. The lowest BCUT2D eigenvalue weighted by molar-refractivity contribution is 0.102. The van der Waals surface area contributed by atoms with Crippen molar-refractivity contribution in [3.8, 4) is 0 Å². The third kappa shape index (κ3) is 3.24. The fourth-order valence-electron chi connectivity index (χ4n) is 1.61. The smallest absolute Gasteiger partial charge is 0.255 e. The van der Waals surface area contributed by atoms with E-state index in [-0.39, 0.29) is 10.0 Å². The predicted molar refractivity (Wildman–Crippen MR) is 80.9 cm³/mol. The summed E-state index contributed by atoms with van der Waals surface area (Å²) in [4.78, 5) is 12.0. The first-order valence-electron chi connectivity index (χ1n) is 5.60. The Balaban J connectivity index is 2.27. The van der Waals surface area contributed by atoms with Crippen LogP contribution in [-0.4, -0.2) is 5.91 Å². The highest BCUT2D eigenvalue weighted by atomic mass is 79.9. The van der Waals surface area contributed by atoms with Crippen LogP contribution in [0.2, 0.25) is 0 Å². The molecule has 0 atom stereocenters. The zero-order chi connectivity index (χ0) is 14.9. The molecule has 0 saturated heterocycles. The van der Waals surface area contributed by atoms with Gasteiger partial charge in [0.2, 0.25) is 0 Å². The molecular formula is C14H9Br2F2NO. The van der Waals surface area contributed by atoms with Crippen molar-refractivity contribution in [2.45, 2.75) is 6.92 Å². The molecule has 1 N–H and O–H groups in total. The number of hydrogen-bond donors (Lipinski definition) is 1. The zero-order valence-electron chi connectivity index (χ0n) is 10.3. The van der Waals surface area contributed by atoms with Crippen molar-refractivity contribution in [1.29, 1.82) is 0 Å². The van der Waals surface area contributed by atoms with Crippen molar-refractivity contribution in [3.05, 3.63) is 62.0 Å². The summed E-state index contributed by atoms with van der Waals surface area (Å²) < 4.78 is 27.4. The van der Waals surface area contributed by atoms with E-state index in [2.05, 4.69) is 37.2 Å². The Kier molecular flexibility index (Phi) is 4.55. The number of benzene rings is 2. The molecule has 20 heavy (non-hydrogen) atoms. The number of carbonyl (C=O) groups excluding carboxylic acids is 1. The van der Waals surface area contributed by atoms with Crippen LogP contribution in [-0.2, 0) is 0 Å². The van der Waals surface area contributed by atoms with Gasteiger partial charge in [0.1, 0.15) is 11.6 Å². The molecule has 0 heterocycles. The SMILES string of the molecule is Cc1cc(Br)c(F)cc1NC(=O)c1ccc(Br)c(F)c1. The molecule has 0 aliphatic rings. The van der Waals surface area contributed by atoms with E-state index in [0.29, 0.717) is 15.7 Å². The van der Waals surface area contributed by atoms with Gasteiger partial charge in [0, 0.05) is 11.3 Å². The Morgan fingerprint density at radius 1 is 1.05 bits per heavy atom. The van der Waals surface area contributed by atoms with Gasteiger partial charge in [-0.15, -0.1) is 0 Å². The Bertz CT molecular complexity index is 689. The minimum atomic E-state index is -0.531. The number of aryl methyl sites for hydroxylation is 1. The quantitative estimate of drug-likeness (QED) is 0.745. The highest BCUT2D eigenvalue weighted by Gasteiger charge is 2.12. The van der Waals surface area contributed by atoms with Gasteiger partial charge in [-0.3, -0.25) is 4.79 Å². The lowest BCUT2D eigenvalue weighted by Gasteiger charge is -2.10. The average Bonchev–Trinajstić information content (AvgIpc) is 2.39. The largest absolute Gasteiger partial charge is 0.322 e. The maximum Gasteiger partial charge on any atom is 0.255 e. The molecule has 6 heteroatoms. The van der Waals surface area contributed by atoms with Gasteiger partial charge in [0.15, 0.2) is 0 Å². The second kappa shape index (κ2) is 6.01.